The summed E-state index contributed by atoms with van der Waals surface area (Å²) in [5, 5.41) is 4.18. The summed E-state index contributed by atoms with van der Waals surface area (Å²) in [7, 11) is 1.65. The minimum Gasteiger partial charge on any atom is -0.497 e. The number of benzene rings is 3. The number of fused-ring (bicyclic) bond motifs is 3. The highest BCUT2D eigenvalue weighted by molar-refractivity contribution is 5.92. The Hall–Kier alpha value is -3.80. The number of aryl methyl sites for hydroxylation is 1. The van der Waals surface area contributed by atoms with Gasteiger partial charge in [-0.1, -0.05) is 24.3 Å². The maximum absolute atomic E-state index is 13.7. The third-order valence-electron chi connectivity index (χ3n) is 6.63. The number of H-pyrrole nitrogens is 1. The van der Waals surface area contributed by atoms with Gasteiger partial charge in [-0.3, -0.25) is 0 Å². The van der Waals surface area contributed by atoms with Gasteiger partial charge < -0.3 is 19.9 Å². The first-order valence-electron chi connectivity index (χ1n) is 11.0. The first-order chi connectivity index (χ1) is 16.0. The van der Waals surface area contributed by atoms with Crippen molar-refractivity contribution in [2.75, 3.05) is 19.0 Å². The van der Waals surface area contributed by atoms with E-state index in [0.29, 0.717) is 13.0 Å². The fraction of sp³-hybridized carbons (Fsp3) is 0.222. The summed E-state index contributed by atoms with van der Waals surface area (Å²) in [4.78, 5) is 18.9. The zero-order valence-corrected chi connectivity index (χ0v) is 18.9. The van der Waals surface area contributed by atoms with Crippen LogP contribution in [-0.4, -0.2) is 29.6 Å². The van der Waals surface area contributed by atoms with Crippen LogP contribution in [0.5, 0.6) is 5.75 Å². The van der Waals surface area contributed by atoms with E-state index in [1.165, 1.54) is 12.1 Å². The lowest BCUT2D eigenvalue weighted by atomic mass is 9.92. The van der Waals surface area contributed by atoms with E-state index in [1.54, 1.807) is 19.2 Å². The van der Waals surface area contributed by atoms with E-state index in [0.717, 1.165) is 50.3 Å². The van der Waals surface area contributed by atoms with E-state index < -0.39 is 0 Å². The summed E-state index contributed by atoms with van der Waals surface area (Å²) in [6.45, 7) is 4.57. The molecule has 168 valence electrons. The number of hydrogen-bond donors (Lipinski definition) is 2. The summed E-state index contributed by atoms with van der Waals surface area (Å²) in [6.07, 6.45) is 0.709. The van der Waals surface area contributed by atoms with Gasteiger partial charge in [-0.05, 0) is 78.9 Å². The van der Waals surface area contributed by atoms with Crippen LogP contribution >= 0.6 is 0 Å². The van der Waals surface area contributed by atoms with Gasteiger partial charge in [0.2, 0.25) is 0 Å². The molecule has 0 saturated heterocycles. The number of aromatic nitrogens is 1. The topological polar surface area (TPSA) is 57.4 Å². The largest absolute Gasteiger partial charge is 0.497 e. The van der Waals surface area contributed by atoms with Crippen LogP contribution in [0.25, 0.3) is 10.9 Å². The third-order valence-corrected chi connectivity index (χ3v) is 6.63. The number of anilines is 1. The Balaban J connectivity index is 1.59. The van der Waals surface area contributed by atoms with Crippen molar-refractivity contribution in [1.29, 1.82) is 0 Å². The summed E-state index contributed by atoms with van der Waals surface area (Å²) in [5.41, 5.74) is 6.91. The molecule has 2 heterocycles. The molecule has 5 rings (SSSR count). The molecule has 1 aromatic heterocycles. The highest BCUT2D eigenvalue weighted by Crippen LogP contribution is 2.39. The second-order valence-electron chi connectivity index (χ2n) is 8.50. The molecule has 0 unspecified atom stereocenters. The maximum atomic E-state index is 13.7. The first-order valence-corrected chi connectivity index (χ1v) is 11.0. The van der Waals surface area contributed by atoms with Crippen LogP contribution in [0.3, 0.4) is 0 Å². The number of urea groups is 1. The molecule has 2 N–H and O–H groups in total. The van der Waals surface area contributed by atoms with Gasteiger partial charge in [0.05, 0.1) is 13.2 Å². The number of amides is 2. The molecule has 0 saturated carbocycles. The van der Waals surface area contributed by atoms with Gasteiger partial charge in [0, 0.05) is 28.8 Å². The van der Waals surface area contributed by atoms with Crippen molar-refractivity contribution in [3.8, 4) is 5.75 Å². The molecule has 1 aliphatic heterocycles. The first kappa shape index (κ1) is 21.1. The molecule has 1 atom stereocenters. The number of methoxy groups -OCH3 is 1. The molecule has 0 bridgehead atoms. The Bertz CT molecular complexity index is 1340. The summed E-state index contributed by atoms with van der Waals surface area (Å²) >= 11 is 0. The summed E-state index contributed by atoms with van der Waals surface area (Å²) in [5.74, 6) is 0.486. The van der Waals surface area contributed by atoms with E-state index in [4.69, 9.17) is 4.74 Å². The van der Waals surface area contributed by atoms with Crippen molar-refractivity contribution in [3.63, 3.8) is 0 Å². The van der Waals surface area contributed by atoms with Crippen molar-refractivity contribution >= 4 is 22.6 Å². The third kappa shape index (κ3) is 3.71. The molecule has 3 aromatic carbocycles. The average molecular weight is 444 g/mol. The monoisotopic (exact) mass is 443 g/mol. The normalized spacial score (nSPS) is 15.4. The number of carbonyl (C=O) groups excluding carboxylic acids is 1. The van der Waals surface area contributed by atoms with Gasteiger partial charge in [-0.25, -0.2) is 9.18 Å². The zero-order valence-electron chi connectivity index (χ0n) is 18.9. The maximum Gasteiger partial charge on any atom is 0.322 e. The van der Waals surface area contributed by atoms with Gasteiger partial charge in [-0.15, -0.1) is 0 Å². The molecular formula is C27H26FN3O2. The Morgan fingerprint density at radius 3 is 2.67 bits per heavy atom. The van der Waals surface area contributed by atoms with E-state index in [2.05, 4.69) is 10.3 Å². The molecule has 4 aromatic rings. The smallest absolute Gasteiger partial charge is 0.322 e. The number of aromatic amines is 1. The lowest BCUT2D eigenvalue weighted by molar-refractivity contribution is 0.193. The second kappa shape index (κ2) is 8.28. The number of rotatable bonds is 3. The van der Waals surface area contributed by atoms with Gasteiger partial charge in [-0.2, -0.15) is 0 Å². The lowest BCUT2D eigenvalue weighted by Crippen LogP contribution is -2.43. The predicted octanol–water partition coefficient (Wildman–Crippen LogP) is 6.11. The number of ether oxygens (including phenoxy) is 1. The van der Waals surface area contributed by atoms with Crippen LogP contribution in [0.2, 0.25) is 0 Å². The van der Waals surface area contributed by atoms with Crippen molar-refractivity contribution in [1.82, 2.24) is 9.88 Å². The van der Waals surface area contributed by atoms with E-state index in [-0.39, 0.29) is 17.9 Å². The second-order valence-corrected chi connectivity index (χ2v) is 8.50. The van der Waals surface area contributed by atoms with Gasteiger partial charge in [0.25, 0.3) is 0 Å². The zero-order chi connectivity index (χ0) is 23.1. The van der Waals surface area contributed by atoms with E-state index in [1.807, 2.05) is 55.1 Å². The van der Waals surface area contributed by atoms with Crippen molar-refractivity contribution in [3.05, 3.63) is 94.4 Å². The predicted molar refractivity (Wildman–Crippen MR) is 128 cm³/mol. The number of hydrogen-bond acceptors (Lipinski definition) is 2. The van der Waals surface area contributed by atoms with E-state index in [9.17, 15) is 9.18 Å². The van der Waals surface area contributed by atoms with Crippen molar-refractivity contribution in [2.24, 2.45) is 0 Å². The molecule has 2 amide bonds. The molecule has 33 heavy (non-hydrogen) atoms. The van der Waals surface area contributed by atoms with Crippen molar-refractivity contribution in [2.45, 2.75) is 26.3 Å². The minimum atomic E-state index is -0.363. The van der Waals surface area contributed by atoms with Crippen LogP contribution in [0.15, 0.2) is 60.7 Å². The number of nitrogens with zero attached hydrogens (tertiary/aromatic N) is 1. The SMILES string of the molecule is COc1ccc2[nH]c3c(c2c1)CCN(C(=O)Nc1cccc(C)c1C)[C@H]3c1ccc(F)cc1. The Morgan fingerprint density at radius 1 is 1.12 bits per heavy atom. The van der Waals surface area contributed by atoms with Crippen LogP contribution in [0, 0.1) is 19.7 Å². The molecule has 0 radical (unpaired) electrons. The van der Waals surface area contributed by atoms with Gasteiger partial charge in [0.15, 0.2) is 0 Å². The highest BCUT2D eigenvalue weighted by atomic mass is 19.1. The quantitative estimate of drug-likeness (QED) is 0.401. The molecule has 0 fully saturated rings. The fourth-order valence-electron chi connectivity index (χ4n) is 4.68. The van der Waals surface area contributed by atoms with Crippen LogP contribution in [-0.2, 0) is 6.42 Å². The van der Waals surface area contributed by atoms with Gasteiger partial charge >= 0.3 is 6.03 Å². The van der Waals surface area contributed by atoms with Crippen LogP contribution in [0.4, 0.5) is 14.9 Å². The van der Waals surface area contributed by atoms with Crippen LogP contribution in [0.1, 0.15) is 34.0 Å². The number of halogens is 1. The number of nitrogens with one attached hydrogen (secondary N) is 2. The molecular weight excluding hydrogens is 417 g/mol. The molecule has 1 aliphatic rings. The summed E-state index contributed by atoms with van der Waals surface area (Å²) in [6, 6.07) is 17.7. The Morgan fingerprint density at radius 2 is 1.91 bits per heavy atom. The molecule has 0 spiro atoms. The Kier molecular flexibility index (Phi) is 5.29. The molecule has 6 heteroatoms. The lowest BCUT2D eigenvalue weighted by Gasteiger charge is -2.36. The average Bonchev–Trinajstić information content (AvgIpc) is 3.20. The number of carbonyl (C=O) groups is 1. The fourth-order valence-corrected chi connectivity index (χ4v) is 4.68. The highest BCUT2D eigenvalue weighted by Gasteiger charge is 2.35. The standard InChI is InChI=1S/C27H26FN3O2/c1-16-5-4-6-23(17(16)2)30-27(32)31-14-13-21-22-15-20(33-3)11-12-24(22)29-25(21)26(31)18-7-9-19(28)10-8-18/h4-12,15,26,29H,13-14H2,1-3H3,(H,30,32)/t26-/m0/s1. The summed E-state index contributed by atoms with van der Waals surface area (Å²) < 4.78 is 19.1. The van der Waals surface area contributed by atoms with Gasteiger partial charge in [0.1, 0.15) is 11.6 Å². The molecule has 5 nitrogen and oxygen atoms in total. The van der Waals surface area contributed by atoms with Crippen molar-refractivity contribution < 1.29 is 13.9 Å². The minimum absolute atomic E-state index is 0.181. The molecule has 0 aliphatic carbocycles. The van der Waals surface area contributed by atoms with Crippen LogP contribution < -0.4 is 10.1 Å². The van der Waals surface area contributed by atoms with E-state index >= 15 is 0 Å². The Labute approximate surface area is 192 Å².